The van der Waals surface area contributed by atoms with Crippen LogP contribution in [0, 0.1) is 12.7 Å². The summed E-state index contributed by atoms with van der Waals surface area (Å²) in [5.74, 6) is -0.400. The van der Waals surface area contributed by atoms with Gasteiger partial charge in [-0.3, -0.25) is 14.1 Å². The third-order valence-electron chi connectivity index (χ3n) is 5.94. The molecule has 2 atom stereocenters. The Bertz CT molecular complexity index is 1140. The van der Waals surface area contributed by atoms with Crippen molar-refractivity contribution in [2.24, 2.45) is 0 Å². The average molecular weight is 449 g/mol. The molecule has 3 aromatic rings. The van der Waals surface area contributed by atoms with Crippen LogP contribution in [0.4, 0.5) is 23.2 Å². The Hall–Kier alpha value is -3.01. The summed E-state index contributed by atoms with van der Waals surface area (Å²) in [6, 6.07) is 6.30. The first-order chi connectivity index (χ1) is 15.1. The fourth-order valence-electron chi connectivity index (χ4n) is 4.01. The highest BCUT2D eigenvalue weighted by atomic mass is 19.4. The Balaban J connectivity index is 1.50. The number of aromatic nitrogens is 3. The summed E-state index contributed by atoms with van der Waals surface area (Å²) in [7, 11) is 0. The molecule has 1 aromatic carbocycles. The molecule has 1 aliphatic heterocycles. The van der Waals surface area contributed by atoms with Crippen molar-refractivity contribution in [1.29, 1.82) is 0 Å². The number of nitrogens with zero attached hydrogens (tertiary/aromatic N) is 4. The predicted octanol–water partition coefficient (Wildman–Crippen LogP) is 4.40. The number of nitrogens with one attached hydrogen (secondary N) is 1. The summed E-state index contributed by atoms with van der Waals surface area (Å²) in [5, 5.41) is 10.9. The minimum absolute atomic E-state index is 0.172. The van der Waals surface area contributed by atoms with Crippen molar-refractivity contribution in [1.82, 2.24) is 19.5 Å². The van der Waals surface area contributed by atoms with Gasteiger partial charge in [-0.2, -0.15) is 13.2 Å². The van der Waals surface area contributed by atoms with Crippen LogP contribution in [-0.4, -0.2) is 44.5 Å². The molecule has 0 spiro atoms. The van der Waals surface area contributed by atoms with E-state index in [2.05, 4.69) is 15.5 Å². The minimum atomic E-state index is -4.46. The summed E-state index contributed by atoms with van der Waals surface area (Å²) >= 11 is 0. The quantitative estimate of drug-likeness (QED) is 0.600. The molecule has 0 bridgehead atoms. The molecule has 10 heteroatoms. The van der Waals surface area contributed by atoms with E-state index in [9.17, 15) is 22.4 Å². The summed E-state index contributed by atoms with van der Waals surface area (Å²) in [6.45, 7) is 4.51. The van der Waals surface area contributed by atoms with Gasteiger partial charge in [-0.05, 0) is 63.1 Å². The molecule has 0 radical (unpaired) electrons. The maximum absolute atomic E-state index is 13.8. The van der Waals surface area contributed by atoms with Gasteiger partial charge >= 0.3 is 6.18 Å². The summed E-state index contributed by atoms with van der Waals surface area (Å²) in [6.07, 6.45) is -1.96. The number of alkyl halides is 3. The number of carbonyl (C=O) groups is 1. The maximum atomic E-state index is 13.8. The molecule has 6 nitrogen and oxygen atoms in total. The highest BCUT2D eigenvalue weighted by molar-refractivity contribution is 5.94. The highest BCUT2D eigenvalue weighted by Gasteiger charge is 2.33. The Morgan fingerprint density at radius 3 is 2.72 bits per heavy atom. The lowest BCUT2D eigenvalue weighted by Gasteiger charge is -2.35. The first kappa shape index (κ1) is 22.2. The van der Waals surface area contributed by atoms with E-state index in [1.807, 2.05) is 4.90 Å². The topological polar surface area (TPSA) is 62.5 Å². The van der Waals surface area contributed by atoms with Gasteiger partial charge in [0, 0.05) is 24.3 Å². The van der Waals surface area contributed by atoms with E-state index in [0.717, 1.165) is 25.1 Å². The van der Waals surface area contributed by atoms with Crippen LogP contribution in [0.1, 0.15) is 42.6 Å². The fraction of sp³-hybridized carbons (Fsp3) is 0.409. The van der Waals surface area contributed by atoms with Crippen LogP contribution in [0.5, 0.6) is 0 Å². The minimum Gasteiger partial charge on any atom is -0.325 e. The SMILES string of the molecule is Cc1ccc(NC(=O)C(C)N2CCCC(c3nnc4ccc(C(F)(F)F)cn34)C2)cc1F. The third kappa shape index (κ3) is 4.45. The van der Waals surface area contributed by atoms with E-state index in [0.29, 0.717) is 35.8 Å². The van der Waals surface area contributed by atoms with Gasteiger partial charge in [0.05, 0.1) is 11.6 Å². The van der Waals surface area contributed by atoms with E-state index in [4.69, 9.17) is 0 Å². The molecule has 0 saturated carbocycles. The van der Waals surface area contributed by atoms with E-state index in [1.165, 1.54) is 16.5 Å². The van der Waals surface area contributed by atoms with Crippen LogP contribution in [-0.2, 0) is 11.0 Å². The molecule has 1 aliphatic rings. The van der Waals surface area contributed by atoms with Crippen LogP contribution in [0.25, 0.3) is 5.65 Å². The normalized spacial score (nSPS) is 18.6. The van der Waals surface area contributed by atoms with Gasteiger partial charge in [-0.15, -0.1) is 10.2 Å². The number of piperidine rings is 1. The van der Waals surface area contributed by atoms with Gasteiger partial charge in [0.2, 0.25) is 5.91 Å². The van der Waals surface area contributed by atoms with Gasteiger partial charge in [-0.25, -0.2) is 4.39 Å². The van der Waals surface area contributed by atoms with Crippen LogP contribution in [0.3, 0.4) is 0 Å². The number of fused-ring (bicyclic) bond motifs is 1. The van der Waals surface area contributed by atoms with E-state index >= 15 is 0 Å². The van der Waals surface area contributed by atoms with E-state index in [-0.39, 0.29) is 11.8 Å². The number of anilines is 1. The highest BCUT2D eigenvalue weighted by Crippen LogP contribution is 2.32. The monoisotopic (exact) mass is 449 g/mol. The number of hydrogen-bond acceptors (Lipinski definition) is 4. The molecule has 4 rings (SSSR count). The van der Waals surface area contributed by atoms with Gasteiger partial charge in [0.25, 0.3) is 0 Å². The van der Waals surface area contributed by atoms with E-state index < -0.39 is 23.6 Å². The van der Waals surface area contributed by atoms with Crippen molar-refractivity contribution in [3.63, 3.8) is 0 Å². The molecular formula is C22H23F4N5O. The number of rotatable bonds is 4. The number of benzene rings is 1. The lowest BCUT2D eigenvalue weighted by Crippen LogP contribution is -2.46. The standard InChI is InChI=1S/C22H23F4N5O/c1-13-5-7-17(10-18(13)23)27-21(32)14(2)30-9-3-4-15(11-30)20-29-28-19-8-6-16(12-31(19)20)22(24,25)26/h5-8,10,12,14-15H,3-4,9,11H2,1-2H3,(H,27,32). The van der Waals surface area contributed by atoms with Gasteiger partial charge in [0.15, 0.2) is 5.65 Å². The fourth-order valence-corrected chi connectivity index (χ4v) is 4.01. The lowest BCUT2D eigenvalue weighted by atomic mass is 9.96. The molecule has 2 unspecified atom stereocenters. The van der Waals surface area contributed by atoms with Crippen molar-refractivity contribution in [2.75, 3.05) is 18.4 Å². The molecule has 2 aromatic heterocycles. The van der Waals surface area contributed by atoms with Crippen molar-refractivity contribution >= 4 is 17.2 Å². The predicted molar refractivity (Wildman–Crippen MR) is 111 cm³/mol. The van der Waals surface area contributed by atoms with Crippen molar-refractivity contribution in [3.8, 4) is 0 Å². The van der Waals surface area contributed by atoms with Gasteiger partial charge in [0.1, 0.15) is 11.6 Å². The molecule has 3 heterocycles. The molecule has 1 fully saturated rings. The van der Waals surface area contributed by atoms with Crippen molar-refractivity contribution < 1.29 is 22.4 Å². The van der Waals surface area contributed by atoms with Crippen LogP contribution in [0.2, 0.25) is 0 Å². The Morgan fingerprint density at radius 1 is 1.22 bits per heavy atom. The smallest absolute Gasteiger partial charge is 0.325 e. The second-order valence-electron chi connectivity index (χ2n) is 8.17. The largest absolute Gasteiger partial charge is 0.417 e. The number of likely N-dealkylation sites (tertiary alicyclic amines) is 1. The first-order valence-corrected chi connectivity index (χ1v) is 10.4. The molecule has 1 N–H and O–H groups in total. The lowest BCUT2D eigenvalue weighted by molar-refractivity contribution is -0.137. The van der Waals surface area contributed by atoms with Crippen LogP contribution in [0.15, 0.2) is 36.5 Å². The molecule has 1 saturated heterocycles. The summed E-state index contributed by atoms with van der Waals surface area (Å²) in [5.41, 5.74) is 0.444. The van der Waals surface area contributed by atoms with Crippen molar-refractivity contribution in [2.45, 2.75) is 44.8 Å². The molecular weight excluding hydrogens is 426 g/mol. The number of carbonyl (C=O) groups excluding carboxylic acids is 1. The number of hydrogen-bond donors (Lipinski definition) is 1. The number of aryl methyl sites for hydroxylation is 1. The van der Waals surface area contributed by atoms with E-state index in [1.54, 1.807) is 26.0 Å². The van der Waals surface area contributed by atoms with Crippen LogP contribution >= 0.6 is 0 Å². The average Bonchev–Trinajstić information content (AvgIpc) is 3.18. The maximum Gasteiger partial charge on any atom is 0.417 e. The van der Waals surface area contributed by atoms with Gasteiger partial charge in [-0.1, -0.05) is 6.07 Å². The van der Waals surface area contributed by atoms with Crippen molar-refractivity contribution in [3.05, 3.63) is 59.3 Å². The number of pyridine rings is 1. The Labute approximate surface area is 182 Å². The molecule has 1 amide bonds. The zero-order chi connectivity index (χ0) is 23.0. The number of halogens is 4. The first-order valence-electron chi connectivity index (χ1n) is 10.4. The summed E-state index contributed by atoms with van der Waals surface area (Å²) < 4.78 is 54.6. The van der Waals surface area contributed by atoms with Gasteiger partial charge < -0.3 is 5.32 Å². The second-order valence-corrected chi connectivity index (χ2v) is 8.17. The zero-order valence-corrected chi connectivity index (χ0v) is 17.7. The molecule has 32 heavy (non-hydrogen) atoms. The van der Waals surface area contributed by atoms with Crippen LogP contribution < -0.4 is 5.32 Å². The summed E-state index contributed by atoms with van der Waals surface area (Å²) in [4.78, 5) is 14.7. The Morgan fingerprint density at radius 2 is 2.00 bits per heavy atom. The molecule has 170 valence electrons. The zero-order valence-electron chi connectivity index (χ0n) is 17.7. The third-order valence-corrected chi connectivity index (χ3v) is 5.94. The second kappa shape index (κ2) is 8.50. The number of amides is 1. The molecule has 0 aliphatic carbocycles. The Kier molecular flexibility index (Phi) is 5.89.